The second-order valence-electron chi connectivity index (χ2n) is 12.8. The Balaban J connectivity index is 1.14. The lowest BCUT2D eigenvalue weighted by Gasteiger charge is -2.27. The van der Waals surface area contributed by atoms with Crippen LogP contribution in [0.3, 0.4) is 0 Å². The number of nitrogens with zero attached hydrogens (tertiary/aromatic N) is 5. The third-order valence-electron chi connectivity index (χ3n) is 10.2. The van der Waals surface area contributed by atoms with E-state index in [-0.39, 0.29) is 23.8 Å². The van der Waals surface area contributed by atoms with Gasteiger partial charge in [-0.15, -0.1) is 0 Å². The lowest BCUT2D eigenvalue weighted by molar-refractivity contribution is 0.0700. The topological polar surface area (TPSA) is 97.2 Å². The molecule has 2 aromatic carbocycles. The number of hydrogen-bond acceptors (Lipinski definition) is 4. The summed E-state index contributed by atoms with van der Waals surface area (Å²) in [5, 5.41) is 13.7. The molecule has 4 aromatic heterocycles. The number of benzene rings is 2. The number of pyridine rings is 1. The van der Waals surface area contributed by atoms with Gasteiger partial charge in [-0.05, 0) is 74.3 Å². The Morgan fingerprint density at radius 2 is 1.91 bits per heavy atom. The van der Waals surface area contributed by atoms with Gasteiger partial charge in [0, 0.05) is 58.8 Å². The molecule has 9 heteroatoms. The molecule has 2 bridgehead atoms. The first-order valence-electron chi connectivity index (χ1n) is 15.3. The van der Waals surface area contributed by atoms with Crippen molar-refractivity contribution in [1.82, 2.24) is 29.3 Å². The van der Waals surface area contributed by atoms with E-state index in [9.17, 15) is 4.79 Å². The number of aromatic nitrogens is 5. The first-order valence-corrected chi connectivity index (χ1v) is 15.3. The zero-order chi connectivity index (χ0) is 29.0. The van der Waals surface area contributed by atoms with E-state index in [1.54, 1.807) is 6.20 Å². The predicted octanol–water partition coefficient (Wildman–Crippen LogP) is 5.92. The Morgan fingerprint density at radius 1 is 1.05 bits per heavy atom. The van der Waals surface area contributed by atoms with Gasteiger partial charge in [-0.25, -0.2) is 8.91 Å². The number of halogens is 1. The van der Waals surface area contributed by atoms with Crippen LogP contribution in [-0.2, 0) is 6.54 Å². The summed E-state index contributed by atoms with van der Waals surface area (Å²) >= 11 is 0. The molecule has 2 unspecified atom stereocenters. The summed E-state index contributed by atoms with van der Waals surface area (Å²) in [6.45, 7) is 3.73. The van der Waals surface area contributed by atoms with Gasteiger partial charge in [-0.1, -0.05) is 24.3 Å². The summed E-state index contributed by atoms with van der Waals surface area (Å²) in [7, 11) is 0. The zero-order valence-electron chi connectivity index (χ0n) is 23.9. The quantitative estimate of drug-likeness (QED) is 0.268. The lowest BCUT2D eigenvalue weighted by atomic mass is 10.0. The number of aromatic amines is 1. The molecule has 1 amide bonds. The fraction of sp³-hybridized carbons (Fsp3) is 0.324. The number of fused-ring (bicyclic) bond motifs is 5. The van der Waals surface area contributed by atoms with Crippen molar-refractivity contribution in [3.63, 3.8) is 0 Å². The maximum absolute atomic E-state index is 15.5. The lowest BCUT2D eigenvalue weighted by Crippen LogP contribution is -2.41. The Hall–Kier alpha value is -4.50. The fourth-order valence-electron chi connectivity index (χ4n) is 7.57. The molecule has 0 spiro atoms. The monoisotopic (exact) mass is 573 g/mol. The van der Waals surface area contributed by atoms with E-state index in [1.165, 1.54) is 12.8 Å². The molecule has 8 nitrogen and oxygen atoms in total. The summed E-state index contributed by atoms with van der Waals surface area (Å²) in [6, 6.07) is 16.2. The van der Waals surface area contributed by atoms with Crippen LogP contribution in [0.1, 0.15) is 41.6 Å². The van der Waals surface area contributed by atoms with E-state index in [0.717, 1.165) is 70.3 Å². The third kappa shape index (κ3) is 3.73. The summed E-state index contributed by atoms with van der Waals surface area (Å²) < 4.78 is 19.7. The number of H-pyrrole nitrogens is 1. The third-order valence-corrected chi connectivity index (χ3v) is 10.2. The van der Waals surface area contributed by atoms with Crippen molar-refractivity contribution in [3.05, 3.63) is 77.9 Å². The first kappa shape index (κ1) is 25.0. The number of aryl methyl sites for hydroxylation is 1. The van der Waals surface area contributed by atoms with Crippen LogP contribution in [0.15, 0.2) is 60.9 Å². The van der Waals surface area contributed by atoms with Crippen LogP contribution < -0.4 is 5.73 Å². The smallest absolute Gasteiger partial charge is 0.255 e. The Bertz CT molecular complexity index is 2100. The summed E-state index contributed by atoms with van der Waals surface area (Å²) in [5.41, 5.74) is 13.9. The molecule has 5 heterocycles. The predicted molar refractivity (Wildman–Crippen MR) is 164 cm³/mol. The number of carbonyl (C=O) groups is 1. The molecule has 9 rings (SSSR count). The molecule has 0 radical (unpaired) electrons. The minimum Gasteiger partial charge on any atom is -0.339 e. The molecule has 43 heavy (non-hydrogen) atoms. The molecule has 2 saturated carbocycles. The number of amides is 1. The van der Waals surface area contributed by atoms with Gasteiger partial charge < -0.3 is 15.2 Å². The van der Waals surface area contributed by atoms with Gasteiger partial charge in [0.15, 0.2) is 5.82 Å². The van der Waals surface area contributed by atoms with Crippen molar-refractivity contribution < 1.29 is 9.18 Å². The molecule has 2 aliphatic carbocycles. The van der Waals surface area contributed by atoms with Crippen LogP contribution in [0.25, 0.3) is 49.8 Å². The highest BCUT2D eigenvalue weighted by Crippen LogP contribution is 2.40. The van der Waals surface area contributed by atoms with Crippen LogP contribution in [0, 0.1) is 24.6 Å². The molecule has 3 N–H and O–H groups in total. The first-order chi connectivity index (χ1) is 20.9. The van der Waals surface area contributed by atoms with E-state index in [0.29, 0.717) is 28.5 Å². The molecule has 3 aliphatic rings. The number of piperidine rings is 1. The number of likely N-dealkylation sites (tertiary alicyclic amines) is 1. The largest absolute Gasteiger partial charge is 0.339 e. The van der Waals surface area contributed by atoms with Gasteiger partial charge >= 0.3 is 0 Å². The summed E-state index contributed by atoms with van der Waals surface area (Å²) in [5.74, 6) is 0.783. The fourth-order valence-corrected chi connectivity index (χ4v) is 7.57. The number of hydrogen-bond donors (Lipinski definition) is 2. The standard InChI is InChI=1S/C34H32FN7O/c1-18-26-10-8-24(34(43)41-16-23-7-11-27(41)31(23)36)17-42(26)39-32(18)29-13-21-5-4-20(12-28(21)40(29)15-19-2-3-19)25-9-6-22-14-37-38-33(22)30(25)35/h4-6,8-10,12-14,17,19,23,27,31H,2-3,7,11,15-16,36H2,1H3,(H,37,38)/t23?,27?,31-/m1/s1. The summed E-state index contributed by atoms with van der Waals surface area (Å²) in [4.78, 5) is 15.5. The van der Waals surface area contributed by atoms with Gasteiger partial charge in [0.2, 0.25) is 0 Å². The highest BCUT2D eigenvalue weighted by Gasteiger charge is 2.46. The van der Waals surface area contributed by atoms with Crippen LogP contribution in [0.4, 0.5) is 4.39 Å². The van der Waals surface area contributed by atoms with Crippen molar-refractivity contribution >= 4 is 33.2 Å². The van der Waals surface area contributed by atoms with E-state index >= 15 is 4.39 Å². The molecule has 6 aromatic rings. The van der Waals surface area contributed by atoms with E-state index in [4.69, 9.17) is 10.8 Å². The molecule has 216 valence electrons. The van der Waals surface area contributed by atoms with Gasteiger partial charge in [0.25, 0.3) is 5.91 Å². The van der Waals surface area contributed by atoms with Crippen LogP contribution in [0.2, 0.25) is 0 Å². The van der Waals surface area contributed by atoms with Gasteiger partial charge in [-0.3, -0.25) is 9.89 Å². The van der Waals surface area contributed by atoms with Crippen molar-refractivity contribution in [3.8, 4) is 22.5 Å². The van der Waals surface area contributed by atoms with Crippen molar-refractivity contribution in [1.29, 1.82) is 0 Å². The van der Waals surface area contributed by atoms with E-state index in [1.807, 2.05) is 45.9 Å². The average molecular weight is 574 g/mol. The molecule has 1 saturated heterocycles. The minimum atomic E-state index is -0.292. The highest BCUT2D eigenvalue weighted by atomic mass is 19.1. The highest BCUT2D eigenvalue weighted by molar-refractivity contribution is 5.96. The SMILES string of the molecule is Cc1c(-c2cc3ccc(-c4ccc5cn[nH]c5c4F)cc3n2CC2CC2)nn2cc(C(=O)N3CC4CCC3[C@@H]4N)ccc12. The molecular formula is C34H32FN7O. The molecule has 3 atom stereocenters. The number of carbonyl (C=O) groups excluding carboxylic acids is 1. The number of rotatable bonds is 5. The van der Waals surface area contributed by atoms with E-state index in [2.05, 4.69) is 39.9 Å². The maximum atomic E-state index is 15.5. The van der Waals surface area contributed by atoms with Crippen LogP contribution in [0.5, 0.6) is 0 Å². The van der Waals surface area contributed by atoms with Crippen molar-refractivity contribution in [2.75, 3.05) is 6.54 Å². The average Bonchev–Trinajstić information content (AvgIpc) is 3.32. The minimum absolute atomic E-state index is 0.0372. The van der Waals surface area contributed by atoms with Gasteiger partial charge in [0.1, 0.15) is 11.2 Å². The van der Waals surface area contributed by atoms with Crippen LogP contribution >= 0.6 is 0 Å². The summed E-state index contributed by atoms with van der Waals surface area (Å²) in [6.07, 6.45) is 8.03. The van der Waals surface area contributed by atoms with Gasteiger partial charge in [-0.2, -0.15) is 10.2 Å². The Labute approximate surface area is 247 Å². The number of nitrogens with one attached hydrogen (secondary N) is 1. The Kier molecular flexibility index (Phi) is 5.24. The van der Waals surface area contributed by atoms with Gasteiger partial charge in [0.05, 0.1) is 23.0 Å². The second kappa shape index (κ2) is 9.00. The van der Waals surface area contributed by atoms with Crippen molar-refractivity contribution in [2.24, 2.45) is 17.6 Å². The number of nitrogens with two attached hydrogens (primary N) is 1. The van der Waals surface area contributed by atoms with E-state index < -0.39 is 0 Å². The van der Waals surface area contributed by atoms with Crippen LogP contribution in [-0.4, -0.2) is 53.8 Å². The zero-order valence-corrected chi connectivity index (χ0v) is 23.9. The second-order valence-corrected chi connectivity index (χ2v) is 12.8. The molecular weight excluding hydrogens is 541 g/mol. The molecule has 3 fully saturated rings. The van der Waals surface area contributed by atoms with Crippen molar-refractivity contribution in [2.45, 2.75) is 51.2 Å². The molecule has 1 aliphatic heterocycles. The maximum Gasteiger partial charge on any atom is 0.255 e. The Morgan fingerprint density at radius 3 is 2.70 bits per heavy atom. The normalized spacial score (nSPS) is 21.7.